The minimum absolute atomic E-state index is 0.191. The Morgan fingerprint density at radius 1 is 1.69 bits per heavy atom. The number of nitrogens with zero attached hydrogens (tertiary/aromatic N) is 3. The topological polar surface area (TPSA) is 86.2 Å². The van der Waals surface area contributed by atoms with Gasteiger partial charge in [-0.2, -0.15) is 4.99 Å². The molecular weight excluding hydrogens is 206 g/mol. The van der Waals surface area contributed by atoms with E-state index < -0.39 is 5.85 Å². The van der Waals surface area contributed by atoms with Gasteiger partial charge in [0.2, 0.25) is 0 Å². The quantitative estimate of drug-likeness (QED) is 0.597. The van der Waals surface area contributed by atoms with Crippen molar-refractivity contribution >= 4 is 11.8 Å². The van der Waals surface area contributed by atoms with Gasteiger partial charge in [0.1, 0.15) is 11.5 Å². The lowest BCUT2D eigenvalue weighted by Gasteiger charge is -2.34. The van der Waals surface area contributed by atoms with E-state index in [9.17, 15) is 5.11 Å². The van der Waals surface area contributed by atoms with Crippen molar-refractivity contribution in [3.63, 3.8) is 0 Å². The molecule has 0 saturated carbocycles. The second kappa shape index (κ2) is 3.64. The number of fused-ring (bicyclic) bond motifs is 1. The Hall–Kier alpha value is -1.82. The van der Waals surface area contributed by atoms with Gasteiger partial charge in [-0.3, -0.25) is 0 Å². The van der Waals surface area contributed by atoms with Gasteiger partial charge >= 0.3 is 0 Å². The van der Waals surface area contributed by atoms with Crippen molar-refractivity contribution in [2.24, 2.45) is 15.7 Å². The van der Waals surface area contributed by atoms with Gasteiger partial charge in [-0.25, -0.2) is 4.99 Å². The summed E-state index contributed by atoms with van der Waals surface area (Å²) in [6, 6.07) is 0. The Balaban J connectivity index is 2.34. The number of hydrogen-bond acceptors (Lipinski definition) is 6. The molecule has 0 saturated heterocycles. The Kier molecular flexibility index (Phi) is 2.43. The predicted molar refractivity (Wildman–Crippen MR) is 62.4 cm³/mol. The van der Waals surface area contributed by atoms with Gasteiger partial charge in [0.15, 0.2) is 5.96 Å². The fourth-order valence-corrected chi connectivity index (χ4v) is 1.61. The van der Waals surface area contributed by atoms with Crippen LogP contribution in [0.5, 0.6) is 0 Å². The van der Waals surface area contributed by atoms with Crippen LogP contribution in [0, 0.1) is 0 Å². The molecule has 1 unspecified atom stereocenters. The van der Waals surface area contributed by atoms with Crippen molar-refractivity contribution in [3.05, 3.63) is 24.0 Å². The fraction of sp³-hybridized carbons (Fsp3) is 0.400. The summed E-state index contributed by atoms with van der Waals surface area (Å²) in [5, 5.41) is 13.1. The number of amidine groups is 1. The number of likely N-dealkylation sites (N-methyl/N-ethyl adjacent to an activating group) is 1. The highest BCUT2D eigenvalue weighted by Gasteiger charge is 2.44. The molecule has 2 heterocycles. The summed E-state index contributed by atoms with van der Waals surface area (Å²) in [6.07, 6.45) is 6.26. The van der Waals surface area contributed by atoms with Gasteiger partial charge in [-0.15, -0.1) is 0 Å². The van der Waals surface area contributed by atoms with Crippen molar-refractivity contribution < 1.29 is 5.11 Å². The average Bonchev–Trinajstić information content (AvgIpc) is 2.54. The van der Waals surface area contributed by atoms with E-state index in [1.54, 1.807) is 18.1 Å². The van der Waals surface area contributed by atoms with Crippen LogP contribution in [0.2, 0.25) is 0 Å². The van der Waals surface area contributed by atoms with Crippen molar-refractivity contribution in [1.82, 2.24) is 10.2 Å². The van der Waals surface area contributed by atoms with Crippen molar-refractivity contribution in [2.75, 3.05) is 7.05 Å². The third-order valence-electron chi connectivity index (χ3n) is 2.54. The van der Waals surface area contributed by atoms with Crippen LogP contribution in [0.15, 0.2) is 34.0 Å². The lowest BCUT2D eigenvalue weighted by Crippen LogP contribution is -2.50. The van der Waals surface area contributed by atoms with Gasteiger partial charge in [0.25, 0.3) is 5.85 Å². The smallest absolute Gasteiger partial charge is 0.285 e. The maximum Gasteiger partial charge on any atom is 0.285 e. The van der Waals surface area contributed by atoms with E-state index in [1.807, 2.05) is 19.1 Å². The summed E-state index contributed by atoms with van der Waals surface area (Å²) in [4.78, 5) is 9.75. The molecule has 2 rings (SSSR count). The first-order valence-electron chi connectivity index (χ1n) is 5.11. The lowest BCUT2D eigenvalue weighted by molar-refractivity contribution is -0.0134. The van der Waals surface area contributed by atoms with Crippen LogP contribution >= 0.6 is 0 Å². The van der Waals surface area contributed by atoms with Crippen LogP contribution in [0.1, 0.15) is 13.3 Å². The van der Waals surface area contributed by atoms with E-state index >= 15 is 0 Å². The molecule has 0 spiro atoms. The first-order chi connectivity index (χ1) is 7.58. The van der Waals surface area contributed by atoms with Gasteiger partial charge < -0.3 is 21.1 Å². The minimum atomic E-state index is -1.45. The minimum Gasteiger partial charge on any atom is -0.370 e. The molecular formula is C10H15N5O. The van der Waals surface area contributed by atoms with E-state index in [1.165, 1.54) is 0 Å². The summed E-state index contributed by atoms with van der Waals surface area (Å²) in [6.45, 7) is 2.03. The van der Waals surface area contributed by atoms with Crippen molar-refractivity contribution in [1.29, 1.82) is 0 Å². The van der Waals surface area contributed by atoms with Gasteiger partial charge in [0.05, 0.1) is 6.20 Å². The van der Waals surface area contributed by atoms with Crippen LogP contribution in [0.4, 0.5) is 0 Å². The van der Waals surface area contributed by atoms with E-state index in [0.29, 0.717) is 11.5 Å². The van der Waals surface area contributed by atoms with Crippen LogP contribution in [0.3, 0.4) is 0 Å². The highest BCUT2D eigenvalue weighted by molar-refractivity contribution is 5.96. The molecule has 6 heteroatoms. The Morgan fingerprint density at radius 3 is 3.12 bits per heavy atom. The second-order valence-corrected chi connectivity index (χ2v) is 3.66. The number of nitrogens with one attached hydrogen (secondary N) is 1. The normalized spacial score (nSPS) is 28.4. The predicted octanol–water partition coefficient (Wildman–Crippen LogP) is -0.298. The molecule has 2 aliphatic rings. The molecule has 0 bridgehead atoms. The van der Waals surface area contributed by atoms with Gasteiger partial charge in [-0.1, -0.05) is 13.0 Å². The molecule has 0 aromatic carbocycles. The highest BCUT2D eigenvalue weighted by atomic mass is 16.3. The first kappa shape index (κ1) is 10.7. The molecule has 4 N–H and O–H groups in total. The molecule has 0 aromatic heterocycles. The zero-order chi connectivity index (χ0) is 11.8. The average molecular weight is 221 g/mol. The van der Waals surface area contributed by atoms with Gasteiger partial charge in [-0.05, 0) is 12.5 Å². The van der Waals surface area contributed by atoms with Crippen LogP contribution in [0.25, 0.3) is 0 Å². The Morgan fingerprint density at radius 2 is 2.44 bits per heavy atom. The standard InChI is InChI=1S/C10H15N5O/c1-3-4-5-8-12-6-7-10(16,15(8)2)14-9(11)13-7/h4-6,16H,3H2,1-2H3,(H3,11,13,14). The van der Waals surface area contributed by atoms with Gasteiger partial charge in [0, 0.05) is 7.05 Å². The molecule has 0 fully saturated rings. The molecule has 0 amide bonds. The SMILES string of the molecule is CCC=CC1=NC=C2NC(N)=NC2(O)N1C. The molecule has 0 aliphatic carbocycles. The summed E-state index contributed by atoms with van der Waals surface area (Å²) in [5.74, 6) is -0.607. The van der Waals surface area contributed by atoms with Crippen LogP contribution in [-0.4, -0.2) is 34.7 Å². The number of aliphatic imine (C=N–C) groups is 2. The summed E-state index contributed by atoms with van der Waals surface area (Å²) < 4.78 is 0. The maximum atomic E-state index is 10.3. The molecule has 16 heavy (non-hydrogen) atoms. The van der Waals surface area contributed by atoms with Crippen LogP contribution in [-0.2, 0) is 0 Å². The number of hydrogen-bond donors (Lipinski definition) is 3. The maximum absolute atomic E-state index is 10.3. The third-order valence-corrected chi connectivity index (χ3v) is 2.54. The largest absolute Gasteiger partial charge is 0.370 e. The van der Waals surface area contributed by atoms with Crippen molar-refractivity contribution in [2.45, 2.75) is 19.2 Å². The summed E-state index contributed by atoms with van der Waals surface area (Å²) >= 11 is 0. The monoisotopic (exact) mass is 221 g/mol. The number of aliphatic hydroxyl groups is 1. The summed E-state index contributed by atoms with van der Waals surface area (Å²) in [5.41, 5.74) is 6.00. The Bertz CT molecular complexity index is 423. The molecule has 6 nitrogen and oxygen atoms in total. The van der Waals surface area contributed by atoms with E-state index in [-0.39, 0.29) is 5.96 Å². The molecule has 0 aromatic rings. The lowest BCUT2D eigenvalue weighted by atomic mass is 10.2. The molecule has 1 atom stereocenters. The zero-order valence-corrected chi connectivity index (χ0v) is 9.31. The number of guanidine groups is 1. The van der Waals surface area contributed by atoms with E-state index in [4.69, 9.17) is 5.73 Å². The van der Waals surface area contributed by atoms with Crippen LogP contribution < -0.4 is 11.1 Å². The molecule has 86 valence electrons. The molecule has 2 aliphatic heterocycles. The first-order valence-corrected chi connectivity index (χ1v) is 5.11. The highest BCUT2D eigenvalue weighted by Crippen LogP contribution is 2.28. The summed E-state index contributed by atoms with van der Waals surface area (Å²) in [7, 11) is 1.72. The number of nitrogens with two attached hydrogens (primary N) is 1. The van der Waals surface area contributed by atoms with E-state index in [2.05, 4.69) is 15.3 Å². The van der Waals surface area contributed by atoms with Crippen molar-refractivity contribution in [3.8, 4) is 0 Å². The third kappa shape index (κ3) is 1.47. The number of allylic oxidation sites excluding steroid dienone is 1. The fourth-order valence-electron chi connectivity index (χ4n) is 1.61. The second-order valence-electron chi connectivity index (χ2n) is 3.66. The number of rotatable bonds is 2. The zero-order valence-electron chi connectivity index (χ0n) is 9.31. The Labute approximate surface area is 93.9 Å². The molecule has 0 radical (unpaired) electrons. The van der Waals surface area contributed by atoms with E-state index in [0.717, 1.165) is 6.42 Å².